The van der Waals surface area contributed by atoms with Crippen molar-refractivity contribution in [2.75, 3.05) is 18.5 Å². The monoisotopic (exact) mass is 353 g/mol. The van der Waals surface area contributed by atoms with E-state index in [4.69, 9.17) is 22.4 Å². The van der Waals surface area contributed by atoms with Gasteiger partial charge in [-0.15, -0.1) is 0 Å². The summed E-state index contributed by atoms with van der Waals surface area (Å²) in [4.78, 5) is 3.35. The Morgan fingerprint density at radius 3 is 3.12 bits per heavy atom. The van der Waals surface area contributed by atoms with Gasteiger partial charge in [-0.05, 0) is 37.6 Å². The normalized spacial score (nSPS) is 23.0. The number of nitrogens with zero attached hydrogens (tertiary/aromatic N) is 1. The summed E-state index contributed by atoms with van der Waals surface area (Å²) >= 11 is 5.37. The molecule has 5 heteroatoms. The fourth-order valence-corrected chi connectivity index (χ4v) is 4.03. The number of hydrogen-bond acceptors (Lipinski definition) is 4. The highest BCUT2D eigenvalue weighted by atomic mass is 32.1. The van der Waals surface area contributed by atoms with Gasteiger partial charge in [-0.25, -0.2) is 0 Å². The summed E-state index contributed by atoms with van der Waals surface area (Å²) in [5.41, 5.74) is 2.92. The lowest BCUT2D eigenvalue weighted by atomic mass is 10.0. The van der Waals surface area contributed by atoms with Crippen molar-refractivity contribution >= 4 is 28.6 Å². The van der Waals surface area contributed by atoms with Crippen LogP contribution in [0.1, 0.15) is 31.2 Å². The van der Waals surface area contributed by atoms with Crippen LogP contribution < -0.4 is 10.1 Å². The van der Waals surface area contributed by atoms with Crippen LogP contribution in [-0.2, 0) is 6.54 Å². The number of nitrogens with one attached hydrogen (secondary N) is 2. The Morgan fingerprint density at radius 1 is 1.32 bits per heavy atom. The lowest BCUT2D eigenvalue weighted by molar-refractivity contribution is 0.108. The number of piperidine rings is 1. The van der Waals surface area contributed by atoms with Crippen LogP contribution in [-0.4, -0.2) is 34.8 Å². The molecule has 3 aliphatic rings. The molecule has 4 rings (SSSR count). The van der Waals surface area contributed by atoms with Gasteiger partial charge in [0.2, 0.25) is 0 Å². The highest BCUT2D eigenvalue weighted by Gasteiger charge is 2.27. The van der Waals surface area contributed by atoms with Gasteiger partial charge < -0.3 is 10.1 Å². The second kappa shape index (κ2) is 7.10. The van der Waals surface area contributed by atoms with Crippen molar-refractivity contribution in [1.82, 2.24) is 4.90 Å². The number of ether oxygens (including phenoxy) is 1. The molecule has 1 aromatic carbocycles. The number of allylic oxidation sites excluding steroid dienone is 3. The molecule has 1 fully saturated rings. The fraction of sp³-hybridized carbons (Fsp3) is 0.400. The van der Waals surface area contributed by atoms with Gasteiger partial charge in [-0.2, -0.15) is 0 Å². The molecule has 1 aromatic rings. The Labute approximate surface area is 154 Å². The number of anilines is 1. The third kappa shape index (κ3) is 3.53. The van der Waals surface area contributed by atoms with E-state index in [0.717, 1.165) is 48.0 Å². The zero-order valence-electron chi connectivity index (χ0n) is 14.3. The molecule has 0 aromatic heterocycles. The van der Waals surface area contributed by atoms with Gasteiger partial charge >= 0.3 is 0 Å². The largest absolute Gasteiger partial charge is 0.492 e. The third-order valence-electron chi connectivity index (χ3n) is 5.16. The summed E-state index contributed by atoms with van der Waals surface area (Å²) in [7, 11) is 0. The number of amidine groups is 1. The highest BCUT2D eigenvalue weighted by molar-refractivity contribution is 7.81. The Morgan fingerprint density at radius 2 is 2.24 bits per heavy atom. The molecule has 2 N–H and O–H groups in total. The second-order valence-electron chi connectivity index (χ2n) is 6.89. The van der Waals surface area contributed by atoms with Crippen LogP contribution in [0.3, 0.4) is 0 Å². The van der Waals surface area contributed by atoms with Crippen molar-refractivity contribution in [3.8, 4) is 5.75 Å². The van der Waals surface area contributed by atoms with Gasteiger partial charge in [0.1, 0.15) is 18.2 Å². The van der Waals surface area contributed by atoms with Crippen LogP contribution >= 0.6 is 12.2 Å². The molecule has 1 aliphatic carbocycles. The maximum absolute atomic E-state index is 8.34. The Bertz CT molecular complexity index is 768. The minimum Gasteiger partial charge on any atom is -0.492 e. The molecule has 0 spiro atoms. The molecule has 2 heterocycles. The van der Waals surface area contributed by atoms with E-state index in [2.05, 4.69) is 16.3 Å². The minimum absolute atomic E-state index is 0.361. The van der Waals surface area contributed by atoms with E-state index in [1.165, 1.54) is 24.8 Å². The molecule has 0 radical (unpaired) electrons. The van der Waals surface area contributed by atoms with Gasteiger partial charge in [-0.1, -0.05) is 36.9 Å². The van der Waals surface area contributed by atoms with E-state index in [1.807, 2.05) is 30.4 Å². The molecule has 0 bridgehead atoms. The highest BCUT2D eigenvalue weighted by Crippen LogP contribution is 2.31. The van der Waals surface area contributed by atoms with E-state index in [9.17, 15) is 0 Å². The first kappa shape index (κ1) is 16.5. The van der Waals surface area contributed by atoms with E-state index < -0.39 is 0 Å². The predicted octanol–water partition coefficient (Wildman–Crippen LogP) is 4.08. The molecule has 0 saturated carbocycles. The van der Waals surface area contributed by atoms with Crippen LogP contribution in [0.25, 0.3) is 0 Å². The smallest absolute Gasteiger partial charge is 0.131 e. The quantitative estimate of drug-likeness (QED) is 0.478. The van der Waals surface area contributed by atoms with Gasteiger partial charge in [0.15, 0.2) is 0 Å². The zero-order valence-corrected chi connectivity index (χ0v) is 15.1. The van der Waals surface area contributed by atoms with Crippen molar-refractivity contribution < 1.29 is 4.74 Å². The summed E-state index contributed by atoms with van der Waals surface area (Å²) in [6, 6.07) is 6.66. The van der Waals surface area contributed by atoms with Gasteiger partial charge in [0.25, 0.3) is 0 Å². The molecule has 0 amide bonds. The van der Waals surface area contributed by atoms with E-state index in [-0.39, 0.29) is 0 Å². The standard InChI is InChI=1S/C20H23N3OS/c21-20(17-6-1-2-7-19(17)25)22-15-8-9-18-14(11-15)12-23-10-4-3-5-16(23)13-24-18/h1-2,6,8-9,11,16H,3-5,7,10,12-13H2,(H2,21,22). The Kier molecular flexibility index (Phi) is 4.68. The van der Waals surface area contributed by atoms with Gasteiger partial charge in [0.05, 0.1) is 0 Å². The Balaban J connectivity index is 1.52. The molecular weight excluding hydrogens is 330 g/mol. The minimum atomic E-state index is 0.361. The first-order chi connectivity index (χ1) is 12.2. The summed E-state index contributed by atoms with van der Waals surface area (Å²) < 4.78 is 6.05. The first-order valence-corrected chi connectivity index (χ1v) is 9.37. The lowest BCUT2D eigenvalue weighted by Crippen LogP contribution is -2.40. The topological polar surface area (TPSA) is 48.4 Å². The number of hydrogen-bond donors (Lipinski definition) is 2. The summed E-state index contributed by atoms with van der Waals surface area (Å²) in [5.74, 6) is 1.33. The Hall–Kier alpha value is -1.98. The van der Waals surface area contributed by atoms with Gasteiger partial charge in [-0.3, -0.25) is 10.3 Å². The summed E-state index contributed by atoms with van der Waals surface area (Å²) in [6.45, 7) is 2.85. The molecule has 2 aliphatic heterocycles. The predicted molar refractivity (Wildman–Crippen MR) is 106 cm³/mol. The molecule has 1 atom stereocenters. The molecule has 1 saturated heterocycles. The van der Waals surface area contributed by atoms with Crippen molar-refractivity contribution in [2.24, 2.45) is 0 Å². The zero-order chi connectivity index (χ0) is 17.2. The van der Waals surface area contributed by atoms with Crippen LogP contribution in [0, 0.1) is 5.41 Å². The molecular formula is C20H23N3OS. The average Bonchev–Trinajstić information content (AvgIpc) is 2.80. The SMILES string of the molecule is N=C(Nc1ccc2c(c1)CN1CCCCC1CO2)C1=CC=CCC1=S. The van der Waals surface area contributed by atoms with E-state index >= 15 is 0 Å². The summed E-state index contributed by atoms with van der Waals surface area (Å²) in [6.07, 6.45) is 10.4. The number of thiocarbonyl (C=S) groups is 1. The molecule has 4 nitrogen and oxygen atoms in total. The third-order valence-corrected chi connectivity index (χ3v) is 5.54. The van der Waals surface area contributed by atoms with E-state index in [1.54, 1.807) is 0 Å². The lowest BCUT2D eigenvalue weighted by Gasteiger charge is -2.33. The van der Waals surface area contributed by atoms with Gasteiger partial charge in [0, 0.05) is 40.7 Å². The maximum atomic E-state index is 8.34. The van der Waals surface area contributed by atoms with Crippen molar-refractivity contribution in [1.29, 1.82) is 5.41 Å². The van der Waals surface area contributed by atoms with Crippen LogP contribution in [0.5, 0.6) is 5.75 Å². The van der Waals surface area contributed by atoms with Crippen LogP contribution in [0.15, 0.2) is 42.0 Å². The average molecular weight is 353 g/mol. The molecule has 1 unspecified atom stereocenters. The van der Waals surface area contributed by atoms with Crippen LogP contribution in [0.2, 0.25) is 0 Å². The summed E-state index contributed by atoms with van der Waals surface area (Å²) in [5, 5.41) is 11.5. The maximum Gasteiger partial charge on any atom is 0.131 e. The van der Waals surface area contributed by atoms with E-state index in [0.29, 0.717) is 11.9 Å². The van der Waals surface area contributed by atoms with Crippen molar-refractivity contribution in [3.63, 3.8) is 0 Å². The second-order valence-corrected chi connectivity index (χ2v) is 7.38. The van der Waals surface area contributed by atoms with Crippen LogP contribution in [0.4, 0.5) is 5.69 Å². The molecule has 130 valence electrons. The number of benzene rings is 1. The number of rotatable bonds is 2. The number of fused-ring (bicyclic) bond motifs is 2. The van der Waals surface area contributed by atoms with Crippen molar-refractivity contribution in [2.45, 2.75) is 38.3 Å². The first-order valence-electron chi connectivity index (χ1n) is 8.96. The fourth-order valence-electron chi connectivity index (χ4n) is 3.76. The molecule has 25 heavy (non-hydrogen) atoms. The van der Waals surface area contributed by atoms with Crippen molar-refractivity contribution in [3.05, 3.63) is 47.6 Å².